The molecule has 1 aliphatic heterocycles. The number of nitrogens with zero attached hydrogens (tertiary/aromatic N) is 2. The number of likely N-dealkylation sites (tertiary alicyclic amines) is 1. The summed E-state index contributed by atoms with van der Waals surface area (Å²) in [5.41, 5.74) is 1.04. The number of carbonyl (C=O) groups excluding carboxylic acids is 1. The minimum atomic E-state index is -0.877. The summed E-state index contributed by atoms with van der Waals surface area (Å²) in [5, 5.41) is 11.4. The van der Waals surface area contributed by atoms with Gasteiger partial charge in [-0.15, -0.1) is 11.3 Å². The number of rotatable bonds is 3. The molecule has 1 aromatic carbocycles. The highest BCUT2D eigenvalue weighted by Gasteiger charge is 2.37. The fourth-order valence-electron chi connectivity index (χ4n) is 2.71. The number of halogens is 1. The molecule has 0 aliphatic carbocycles. The first-order chi connectivity index (χ1) is 11.0. The number of hydrogen-bond donors (Lipinski definition) is 1. The number of carbonyl (C=O) groups is 2. The molecule has 1 aromatic heterocycles. The molecule has 5 nitrogen and oxygen atoms in total. The van der Waals surface area contributed by atoms with E-state index in [4.69, 9.17) is 5.11 Å². The van der Waals surface area contributed by atoms with Crippen molar-refractivity contribution < 1.29 is 19.1 Å². The van der Waals surface area contributed by atoms with Gasteiger partial charge < -0.3 is 10.0 Å². The second-order valence-corrected chi connectivity index (χ2v) is 6.54. The monoisotopic (exact) mass is 334 g/mol. The second-order valence-electron chi connectivity index (χ2n) is 5.68. The molecule has 0 spiro atoms. The zero-order chi connectivity index (χ0) is 16.6. The van der Waals surface area contributed by atoms with Gasteiger partial charge >= 0.3 is 5.97 Å². The van der Waals surface area contributed by atoms with Gasteiger partial charge in [-0.05, 0) is 30.2 Å². The third kappa shape index (κ3) is 3.10. The predicted octanol–water partition coefficient (Wildman–Crippen LogP) is 2.74. The lowest BCUT2D eigenvalue weighted by atomic mass is 9.99. The van der Waals surface area contributed by atoms with Crippen LogP contribution in [0.4, 0.5) is 4.39 Å². The largest absolute Gasteiger partial charge is 0.481 e. The zero-order valence-electron chi connectivity index (χ0n) is 12.4. The van der Waals surface area contributed by atoms with Crippen molar-refractivity contribution in [2.24, 2.45) is 11.8 Å². The minimum absolute atomic E-state index is 0.0772. The van der Waals surface area contributed by atoms with Gasteiger partial charge in [-0.2, -0.15) is 0 Å². The molecule has 1 aliphatic rings. The topological polar surface area (TPSA) is 70.5 Å². The average Bonchev–Trinajstić information content (AvgIpc) is 3.14. The van der Waals surface area contributed by atoms with Crippen LogP contribution in [0.1, 0.15) is 17.4 Å². The third-order valence-electron chi connectivity index (χ3n) is 4.03. The molecule has 7 heteroatoms. The zero-order valence-corrected chi connectivity index (χ0v) is 13.2. The summed E-state index contributed by atoms with van der Waals surface area (Å²) in [6, 6.07) is 5.91. The quantitative estimate of drug-likeness (QED) is 0.937. The van der Waals surface area contributed by atoms with Crippen LogP contribution in [0, 0.1) is 17.7 Å². The van der Waals surface area contributed by atoms with Crippen molar-refractivity contribution in [2.75, 3.05) is 13.1 Å². The number of amides is 1. The highest BCUT2D eigenvalue weighted by atomic mass is 32.1. The van der Waals surface area contributed by atoms with E-state index in [1.807, 2.05) is 6.92 Å². The lowest BCUT2D eigenvalue weighted by Gasteiger charge is -2.13. The Hall–Kier alpha value is -2.28. The number of carboxylic acid groups (broad SMARTS) is 1. The molecule has 2 aromatic rings. The number of benzene rings is 1. The van der Waals surface area contributed by atoms with Crippen LogP contribution in [0.2, 0.25) is 0 Å². The molecule has 120 valence electrons. The Labute approximate surface area is 136 Å². The molecule has 3 rings (SSSR count). The maximum Gasteiger partial charge on any atom is 0.308 e. The molecular formula is C16H15FN2O3S. The van der Waals surface area contributed by atoms with Crippen LogP contribution >= 0.6 is 11.3 Å². The van der Waals surface area contributed by atoms with E-state index in [9.17, 15) is 14.0 Å². The Morgan fingerprint density at radius 1 is 1.30 bits per heavy atom. The van der Waals surface area contributed by atoms with Gasteiger partial charge in [0, 0.05) is 24.0 Å². The first-order valence-corrected chi connectivity index (χ1v) is 8.07. The molecule has 1 fully saturated rings. The van der Waals surface area contributed by atoms with Gasteiger partial charge in [0.2, 0.25) is 0 Å². The molecular weight excluding hydrogens is 319 g/mol. The molecule has 2 heterocycles. The average molecular weight is 334 g/mol. The van der Waals surface area contributed by atoms with Gasteiger partial charge in [-0.25, -0.2) is 9.37 Å². The minimum Gasteiger partial charge on any atom is -0.481 e. The Bertz CT molecular complexity index is 744. The summed E-state index contributed by atoms with van der Waals surface area (Å²) in [5.74, 6) is -2.07. The van der Waals surface area contributed by atoms with Gasteiger partial charge in [0.15, 0.2) is 0 Å². The standard InChI is InChI=1S/C16H15FN2O3S/c1-9-6-19(7-12(9)16(21)22)15(20)13-8-23-14(18-13)10-2-4-11(17)5-3-10/h2-5,8-9,12H,6-7H2,1H3,(H,21,22)/t9-,12-/m1/s1. The molecule has 0 unspecified atom stereocenters. The van der Waals surface area contributed by atoms with Gasteiger partial charge in [0.05, 0.1) is 5.92 Å². The highest BCUT2D eigenvalue weighted by Crippen LogP contribution is 2.27. The van der Waals surface area contributed by atoms with Crippen molar-refractivity contribution in [3.8, 4) is 10.6 Å². The van der Waals surface area contributed by atoms with E-state index in [1.54, 1.807) is 17.5 Å². The van der Waals surface area contributed by atoms with E-state index in [2.05, 4.69) is 4.98 Å². The number of thiazole rings is 1. The summed E-state index contributed by atoms with van der Waals surface area (Å²) >= 11 is 1.31. The molecule has 1 saturated heterocycles. The van der Waals surface area contributed by atoms with Crippen LogP contribution in [-0.4, -0.2) is 40.0 Å². The smallest absolute Gasteiger partial charge is 0.308 e. The number of aromatic nitrogens is 1. The van der Waals surface area contributed by atoms with E-state index >= 15 is 0 Å². The Morgan fingerprint density at radius 3 is 2.61 bits per heavy atom. The Morgan fingerprint density at radius 2 is 2.00 bits per heavy atom. The van der Waals surface area contributed by atoms with E-state index in [0.29, 0.717) is 17.2 Å². The van der Waals surface area contributed by atoms with Crippen LogP contribution < -0.4 is 0 Å². The number of hydrogen-bond acceptors (Lipinski definition) is 4. The van der Waals surface area contributed by atoms with Gasteiger partial charge in [-0.1, -0.05) is 6.92 Å². The third-order valence-corrected chi connectivity index (χ3v) is 4.92. The lowest BCUT2D eigenvalue weighted by molar-refractivity contribution is -0.142. The first kappa shape index (κ1) is 15.6. The van der Waals surface area contributed by atoms with Crippen molar-refractivity contribution in [2.45, 2.75) is 6.92 Å². The molecule has 0 saturated carbocycles. The summed E-state index contributed by atoms with van der Waals surface area (Å²) in [6.45, 7) is 2.45. The van der Waals surface area contributed by atoms with Crippen LogP contribution in [0.5, 0.6) is 0 Å². The highest BCUT2D eigenvalue weighted by molar-refractivity contribution is 7.13. The van der Waals surface area contributed by atoms with Crippen LogP contribution in [0.3, 0.4) is 0 Å². The Balaban J connectivity index is 1.77. The van der Waals surface area contributed by atoms with E-state index < -0.39 is 11.9 Å². The van der Waals surface area contributed by atoms with Crippen molar-refractivity contribution in [3.63, 3.8) is 0 Å². The van der Waals surface area contributed by atoms with Crippen molar-refractivity contribution in [3.05, 3.63) is 41.2 Å². The van der Waals surface area contributed by atoms with E-state index in [1.165, 1.54) is 28.4 Å². The van der Waals surface area contributed by atoms with Crippen molar-refractivity contribution >= 4 is 23.2 Å². The van der Waals surface area contributed by atoms with Crippen molar-refractivity contribution in [1.82, 2.24) is 9.88 Å². The van der Waals surface area contributed by atoms with Gasteiger partial charge in [-0.3, -0.25) is 9.59 Å². The normalized spacial score (nSPS) is 20.7. The lowest BCUT2D eigenvalue weighted by Crippen LogP contribution is -2.30. The van der Waals surface area contributed by atoms with Crippen LogP contribution in [-0.2, 0) is 4.79 Å². The number of aliphatic carboxylic acids is 1. The molecule has 2 atom stereocenters. The maximum absolute atomic E-state index is 13.0. The molecule has 0 radical (unpaired) electrons. The summed E-state index contributed by atoms with van der Waals surface area (Å²) in [6.07, 6.45) is 0. The summed E-state index contributed by atoms with van der Waals surface area (Å²) in [4.78, 5) is 29.5. The Kier molecular flexibility index (Phi) is 4.12. The molecule has 1 amide bonds. The fraction of sp³-hybridized carbons (Fsp3) is 0.312. The van der Waals surface area contributed by atoms with Crippen molar-refractivity contribution in [1.29, 1.82) is 0 Å². The second kappa shape index (κ2) is 6.08. The van der Waals surface area contributed by atoms with Gasteiger partial charge in [0.25, 0.3) is 5.91 Å². The fourth-order valence-corrected chi connectivity index (χ4v) is 3.51. The molecule has 1 N–H and O–H groups in total. The van der Waals surface area contributed by atoms with Gasteiger partial charge in [0.1, 0.15) is 16.5 Å². The molecule has 23 heavy (non-hydrogen) atoms. The first-order valence-electron chi connectivity index (χ1n) is 7.19. The van der Waals surface area contributed by atoms with E-state index in [-0.39, 0.29) is 24.2 Å². The summed E-state index contributed by atoms with van der Waals surface area (Å²) in [7, 11) is 0. The molecule has 0 bridgehead atoms. The predicted molar refractivity (Wildman–Crippen MR) is 83.7 cm³/mol. The van der Waals surface area contributed by atoms with E-state index in [0.717, 1.165) is 5.56 Å². The number of carboxylic acids is 1. The SMILES string of the molecule is C[C@@H]1CN(C(=O)c2csc(-c3ccc(F)cc3)n2)C[C@H]1C(=O)O. The summed E-state index contributed by atoms with van der Waals surface area (Å²) < 4.78 is 13.0. The van der Waals surface area contributed by atoms with Crippen LogP contribution in [0.15, 0.2) is 29.6 Å². The maximum atomic E-state index is 13.0. The van der Waals surface area contributed by atoms with Crippen LogP contribution in [0.25, 0.3) is 10.6 Å².